The molecule has 0 saturated heterocycles. The Balaban J connectivity index is 1.60. The van der Waals surface area contributed by atoms with Gasteiger partial charge in [-0.2, -0.15) is 13.2 Å². The Morgan fingerprint density at radius 1 is 1.06 bits per heavy atom. The van der Waals surface area contributed by atoms with E-state index in [1.54, 1.807) is 18.2 Å². The molecule has 4 aromatic rings. The van der Waals surface area contributed by atoms with Crippen molar-refractivity contribution in [2.75, 3.05) is 0 Å². The maximum Gasteiger partial charge on any atom is 0.416 e. The number of thiophene rings is 1. The fourth-order valence-corrected chi connectivity index (χ4v) is 5.10. The molecule has 0 radical (unpaired) electrons. The van der Waals surface area contributed by atoms with E-state index in [1.165, 1.54) is 17.4 Å². The smallest absolute Gasteiger partial charge is 0.347 e. The summed E-state index contributed by atoms with van der Waals surface area (Å²) in [7, 11) is 0. The molecule has 2 heterocycles. The molecule has 0 aliphatic carbocycles. The van der Waals surface area contributed by atoms with Crippen LogP contribution < -0.4 is 5.32 Å². The maximum absolute atomic E-state index is 12.9. The van der Waals surface area contributed by atoms with Crippen LogP contribution in [0.5, 0.6) is 0 Å². The van der Waals surface area contributed by atoms with Gasteiger partial charge in [0.15, 0.2) is 0 Å². The summed E-state index contributed by atoms with van der Waals surface area (Å²) in [4.78, 5) is 12.9. The maximum atomic E-state index is 12.9. The van der Waals surface area contributed by atoms with E-state index in [1.807, 2.05) is 28.8 Å². The zero-order valence-corrected chi connectivity index (χ0v) is 19.0. The SMILES string of the molecule is O=C(NCc1cccc(C(F)(F)F)c1)c1cc2sc(Br)cc2n1Cc1cccc(Cl)c1. The van der Waals surface area contributed by atoms with E-state index in [0.29, 0.717) is 22.8 Å². The van der Waals surface area contributed by atoms with E-state index in [-0.39, 0.29) is 12.5 Å². The molecule has 160 valence electrons. The lowest BCUT2D eigenvalue weighted by atomic mass is 10.1. The number of hydrogen-bond donors (Lipinski definition) is 1. The lowest BCUT2D eigenvalue weighted by Crippen LogP contribution is -2.25. The molecule has 0 saturated carbocycles. The number of amides is 1. The summed E-state index contributed by atoms with van der Waals surface area (Å²) in [6.07, 6.45) is -4.43. The van der Waals surface area contributed by atoms with Crippen LogP contribution in [0.2, 0.25) is 5.02 Å². The molecule has 3 nitrogen and oxygen atoms in total. The first-order valence-electron chi connectivity index (χ1n) is 9.18. The first-order chi connectivity index (χ1) is 14.7. The predicted octanol–water partition coefficient (Wildman–Crippen LogP) is 7.12. The van der Waals surface area contributed by atoms with Crippen LogP contribution in [0, 0.1) is 0 Å². The van der Waals surface area contributed by atoms with Crippen LogP contribution in [0.3, 0.4) is 0 Å². The summed E-state index contributed by atoms with van der Waals surface area (Å²) in [5.41, 5.74) is 1.88. The summed E-state index contributed by atoms with van der Waals surface area (Å²) in [5, 5.41) is 3.34. The quantitative estimate of drug-likeness (QED) is 0.295. The molecule has 0 atom stereocenters. The Bertz CT molecular complexity index is 1270. The minimum absolute atomic E-state index is 0.0115. The van der Waals surface area contributed by atoms with Gasteiger partial charge in [-0.25, -0.2) is 0 Å². The van der Waals surface area contributed by atoms with Crippen LogP contribution in [0.4, 0.5) is 13.2 Å². The van der Waals surface area contributed by atoms with E-state index in [2.05, 4.69) is 21.2 Å². The number of benzene rings is 2. The van der Waals surface area contributed by atoms with E-state index in [9.17, 15) is 18.0 Å². The van der Waals surface area contributed by atoms with Crippen molar-refractivity contribution in [2.45, 2.75) is 19.3 Å². The van der Waals surface area contributed by atoms with Gasteiger partial charge in [-0.15, -0.1) is 11.3 Å². The molecule has 4 rings (SSSR count). The van der Waals surface area contributed by atoms with E-state index < -0.39 is 11.7 Å². The highest BCUT2D eigenvalue weighted by Crippen LogP contribution is 2.33. The Morgan fingerprint density at radius 2 is 1.81 bits per heavy atom. The molecule has 1 N–H and O–H groups in total. The summed E-state index contributed by atoms with van der Waals surface area (Å²) < 4.78 is 42.5. The summed E-state index contributed by atoms with van der Waals surface area (Å²) >= 11 is 11.1. The number of alkyl halides is 3. The highest BCUT2D eigenvalue weighted by Gasteiger charge is 2.30. The monoisotopic (exact) mass is 526 g/mol. The fraction of sp³-hybridized carbons (Fsp3) is 0.136. The normalized spacial score (nSPS) is 11.8. The average molecular weight is 528 g/mol. The van der Waals surface area contributed by atoms with Gasteiger partial charge >= 0.3 is 6.18 Å². The number of carbonyl (C=O) groups excluding carboxylic acids is 1. The van der Waals surface area contributed by atoms with Crippen molar-refractivity contribution in [1.82, 2.24) is 9.88 Å². The fourth-order valence-electron chi connectivity index (χ4n) is 3.32. The molecule has 1 amide bonds. The molecular formula is C22H15BrClF3N2OS. The van der Waals surface area contributed by atoms with Crippen molar-refractivity contribution in [3.63, 3.8) is 0 Å². The standard InChI is InChI=1S/C22H15BrClF3N2OS/c23-20-10-17-19(31-20)9-18(29(17)12-14-4-2-6-16(24)8-14)21(30)28-11-13-3-1-5-15(7-13)22(25,26)27/h1-10H,11-12H2,(H,28,30). The summed E-state index contributed by atoms with van der Waals surface area (Å²) in [5.74, 6) is -0.362. The van der Waals surface area contributed by atoms with Crippen molar-refractivity contribution in [2.24, 2.45) is 0 Å². The van der Waals surface area contributed by atoms with Crippen molar-refractivity contribution in [3.8, 4) is 0 Å². The molecule has 0 bridgehead atoms. The first kappa shape index (κ1) is 21.9. The van der Waals surface area contributed by atoms with Crippen LogP contribution >= 0.6 is 38.9 Å². The molecule has 0 aliphatic rings. The zero-order valence-electron chi connectivity index (χ0n) is 15.8. The zero-order chi connectivity index (χ0) is 22.2. The number of aromatic nitrogens is 1. The van der Waals surface area contributed by atoms with Gasteiger partial charge in [-0.05, 0) is 63.5 Å². The van der Waals surface area contributed by atoms with Crippen molar-refractivity contribution >= 4 is 55.0 Å². The molecule has 2 aromatic heterocycles. The van der Waals surface area contributed by atoms with Crippen LogP contribution in [-0.2, 0) is 19.3 Å². The summed E-state index contributed by atoms with van der Waals surface area (Å²) in [6.45, 7) is 0.419. The largest absolute Gasteiger partial charge is 0.416 e. The molecule has 2 aromatic carbocycles. The highest BCUT2D eigenvalue weighted by atomic mass is 79.9. The number of hydrogen-bond acceptors (Lipinski definition) is 2. The predicted molar refractivity (Wildman–Crippen MR) is 121 cm³/mol. The van der Waals surface area contributed by atoms with E-state index in [4.69, 9.17) is 11.6 Å². The van der Waals surface area contributed by atoms with Gasteiger partial charge in [0.1, 0.15) is 5.69 Å². The van der Waals surface area contributed by atoms with Crippen LogP contribution in [-0.4, -0.2) is 10.5 Å². The molecule has 0 aliphatic heterocycles. The third-order valence-corrected chi connectivity index (χ3v) is 6.54. The topological polar surface area (TPSA) is 34.0 Å². The number of nitrogens with zero attached hydrogens (tertiary/aromatic N) is 1. The Morgan fingerprint density at radius 3 is 2.55 bits per heavy atom. The van der Waals surface area contributed by atoms with Gasteiger partial charge in [0, 0.05) is 18.1 Å². The first-order valence-corrected chi connectivity index (χ1v) is 11.2. The lowest BCUT2D eigenvalue weighted by molar-refractivity contribution is -0.137. The minimum atomic E-state index is -4.43. The van der Waals surface area contributed by atoms with Gasteiger partial charge in [0.25, 0.3) is 5.91 Å². The number of fused-ring (bicyclic) bond motifs is 1. The molecule has 9 heteroatoms. The molecule has 31 heavy (non-hydrogen) atoms. The van der Waals surface area contributed by atoms with Gasteiger partial charge in [0.05, 0.1) is 19.6 Å². The Hall–Kier alpha value is -2.29. The number of nitrogens with one attached hydrogen (secondary N) is 1. The second-order valence-corrected chi connectivity index (χ2v) is 9.83. The van der Waals surface area contributed by atoms with Gasteiger partial charge in [0.2, 0.25) is 0 Å². The highest BCUT2D eigenvalue weighted by molar-refractivity contribution is 9.11. The third kappa shape index (κ3) is 4.97. The van der Waals surface area contributed by atoms with Crippen molar-refractivity contribution in [1.29, 1.82) is 0 Å². The molecule has 0 fully saturated rings. The second kappa shape index (κ2) is 8.68. The third-order valence-electron chi connectivity index (χ3n) is 4.73. The van der Waals surface area contributed by atoms with Gasteiger partial charge in [-0.3, -0.25) is 4.79 Å². The average Bonchev–Trinajstić information content (AvgIpc) is 3.23. The number of carbonyl (C=O) groups is 1. The molecular weight excluding hydrogens is 513 g/mol. The lowest BCUT2D eigenvalue weighted by Gasteiger charge is -2.12. The van der Waals surface area contributed by atoms with Gasteiger partial charge in [-0.1, -0.05) is 35.9 Å². The second-order valence-electron chi connectivity index (χ2n) is 6.93. The van der Waals surface area contributed by atoms with Gasteiger partial charge < -0.3 is 9.88 Å². The van der Waals surface area contributed by atoms with Crippen LogP contribution in [0.25, 0.3) is 10.2 Å². The number of halogens is 5. The van der Waals surface area contributed by atoms with E-state index >= 15 is 0 Å². The van der Waals surface area contributed by atoms with Crippen molar-refractivity contribution < 1.29 is 18.0 Å². The van der Waals surface area contributed by atoms with E-state index in [0.717, 1.165) is 31.7 Å². The molecule has 0 unspecified atom stereocenters. The number of rotatable bonds is 5. The molecule has 0 spiro atoms. The van der Waals surface area contributed by atoms with Crippen molar-refractivity contribution in [3.05, 3.63) is 91.9 Å². The summed E-state index contributed by atoms with van der Waals surface area (Å²) in [6, 6.07) is 16.0. The van der Waals surface area contributed by atoms with Crippen LogP contribution in [0.1, 0.15) is 27.2 Å². The Labute approximate surface area is 193 Å². The minimum Gasteiger partial charge on any atom is -0.347 e. The Kier molecular flexibility index (Phi) is 6.14. The van der Waals surface area contributed by atoms with Crippen LogP contribution in [0.15, 0.2) is 64.5 Å².